The van der Waals surface area contributed by atoms with Gasteiger partial charge in [0.1, 0.15) is 24.4 Å². The largest absolute Gasteiger partial charge is 0.488 e. The molecule has 5 rings (SSSR count). The van der Waals surface area contributed by atoms with Crippen molar-refractivity contribution in [1.82, 2.24) is 20.9 Å². The molecule has 2 aliphatic rings. The van der Waals surface area contributed by atoms with Gasteiger partial charge >= 0.3 is 6.03 Å². The molecule has 3 aromatic carbocycles. The summed E-state index contributed by atoms with van der Waals surface area (Å²) >= 11 is 6.26. The quantitative estimate of drug-likeness (QED) is 0.0539. The van der Waals surface area contributed by atoms with Gasteiger partial charge in [0, 0.05) is 72.8 Å². The van der Waals surface area contributed by atoms with Crippen LogP contribution < -0.4 is 37.1 Å². The van der Waals surface area contributed by atoms with Crippen molar-refractivity contribution in [2.24, 2.45) is 11.7 Å². The Labute approximate surface area is 331 Å². The van der Waals surface area contributed by atoms with E-state index in [0.29, 0.717) is 43.9 Å². The Morgan fingerprint density at radius 3 is 2.32 bits per heavy atom. The lowest BCUT2D eigenvalue weighted by Gasteiger charge is -2.25. The first kappa shape index (κ1) is 41.5. The summed E-state index contributed by atoms with van der Waals surface area (Å²) in [6.07, 6.45) is 4.83. The minimum Gasteiger partial charge on any atom is -0.488 e. The van der Waals surface area contributed by atoms with E-state index < -0.39 is 29.9 Å². The van der Waals surface area contributed by atoms with Crippen molar-refractivity contribution < 1.29 is 33.5 Å². The molecular formula is C41H50ClN7O7. The second-order valence-electron chi connectivity index (χ2n) is 14.3. The number of ether oxygens (including phenoxy) is 1. The maximum atomic E-state index is 13.6. The lowest BCUT2D eigenvalue weighted by molar-refractivity contribution is -0.137. The molecule has 0 radical (unpaired) electrons. The van der Waals surface area contributed by atoms with E-state index in [9.17, 15) is 28.8 Å². The molecule has 2 aliphatic heterocycles. The van der Waals surface area contributed by atoms with Crippen molar-refractivity contribution in [2.45, 2.75) is 77.0 Å². The van der Waals surface area contributed by atoms with Gasteiger partial charge in [0.15, 0.2) is 0 Å². The summed E-state index contributed by atoms with van der Waals surface area (Å²) < 4.78 is 6.30. The molecule has 2 heterocycles. The molecule has 0 saturated heterocycles. The number of nitrogens with zero attached hydrogens (tertiary/aromatic N) is 1. The number of nitrogens with one attached hydrogen (secondary N) is 5. The van der Waals surface area contributed by atoms with E-state index in [1.165, 1.54) is 17.7 Å². The Kier molecular flexibility index (Phi) is 14.7. The highest BCUT2D eigenvalue weighted by Gasteiger charge is 2.29. The van der Waals surface area contributed by atoms with Crippen molar-refractivity contribution in [2.75, 3.05) is 36.1 Å². The molecule has 0 spiro atoms. The van der Waals surface area contributed by atoms with Gasteiger partial charge in [-0.1, -0.05) is 56.7 Å². The SMILES string of the molecule is CC(C)C(NC(=O)CCCCCN1C(=O)C=CC1=O)C(=O)NC(CCCNC(N)=O)C(=O)Nc1ccc(COc2cc3c(c4ccccc24)[C@H](CCl)CN3)cc1. The first-order valence-corrected chi connectivity index (χ1v) is 19.5. The third-order valence-corrected chi connectivity index (χ3v) is 10.2. The van der Waals surface area contributed by atoms with Gasteiger partial charge in [-0.3, -0.25) is 28.9 Å². The molecule has 0 aromatic heterocycles. The number of imide groups is 1. The van der Waals surface area contributed by atoms with E-state index in [1.807, 2.05) is 36.4 Å². The first-order chi connectivity index (χ1) is 26.9. The number of alkyl halides is 1. The lowest BCUT2D eigenvalue weighted by Crippen LogP contribution is -2.54. The van der Waals surface area contributed by atoms with Crippen LogP contribution in [0, 0.1) is 5.92 Å². The number of fused-ring (bicyclic) bond motifs is 3. The average molecular weight is 788 g/mol. The van der Waals surface area contributed by atoms with Gasteiger partial charge in [-0.25, -0.2) is 4.79 Å². The first-order valence-electron chi connectivity index (χ1n) is 19.0. The Hall–Kier alpha value is -5.63. The molecule has 7 N–H and O–H groups in total. The second kappa shape index (κ2) is 19.8. The van der Waals surface area contributed by atoms with Crippen LogP contribution >= 0.6 is 11.6 Å². The van der Waals surface area contributed by atoms with E-state index in [1.54, 1.807) is 26.0 Å². The van der Waals surface area contributed by atoms with Gasteiger partial charge < -0.3 is 37.1 Å². The number of primary amides is 1. The fraction of sp³-hybridized carbons (Fsp3) is 0.415. The zero-order valence-corrected chi connectivity index (χ0v) is 32.5. The van der Waals surface area contributed by atoms with Crippen molar-refractivity contribution in [3.8, 4) is 5.75 Å². The molecule has 15 heteroatoms. The number of carbonyl (C=O) groups excluding carboxylic acids is 6. The van der Waals surface area contributed by atoms with Gasteiger partial charge in [-0.05, 0) is 60.2 Å². The van der Waals surface area contributed by atoms with Gasteiger partial charge in [-0.2, -0.15) is 0 Å². The van der Waals surface area contributed by atoms with Crippen LogP contribution in [0.5, 0.6) is 5.75 Å². The fourth-order valence-corrected chi connectivity index (χ4v) is 7.09. The van der Waals surface area contributed by atoms with Crippen molar-refractivity contribution in [3.05, 3.63) is 77.9 Å². The number of carbonyl (C=O) groups is 6. The highest BCUT2D eigenvalue weighted by molar-refractivity contribution is 6.18. The highest BCUT2D eigenvalue weighted by atomic mass is 35.5. The summed E-state index contributed by atoms with van der Waals surface area (Å²) in [4.78, 5) is 75.8. The summed E-state index contributed by atoms with van der Waals surface area (Å²) in [6, 6.07) is 14.8. The third-order valence-electron chi connectivity index (χ3n) is 9.85. The van der Waals surface area contributed by atoms with Crippen LogP contribution in [0.4, 0.5) is 16.2 Å². The van der Waals surface area contributed by atoms with E-state index in [0.717, 1.165) is 39.2 Å². The number of hydrogen-bond acceptors (Lipinski definition) is 8. The van der Waals surface area contributed by atoms with Gasteiger partial charge in [0.05, 0.1) is 0 Å². The molecule has 0 saturated carbocycles. The maximum Gasteiger partial charge on any atom is 0.312 e. The van der Waals surface area contributed by atoms with Crippen LogP contribution in [0.1, 0.15) is 69.4 Å². The Balaban J connectivity index is 1.15. The Morgan fingerprint density at radius 1 is 0.929 bits per heavy atom. The summed E-state index contributed by atoms with van der Waals surface area (Å²) in [7, 11) is 0. The predicted molar refractivity (Wildman–Crippen MR) is 215 cm³/mol. The number of benzene rings is 3. The topological polar surface area (TPSA) is 201 Å². The maximum absolute atomic E-state index is 13.6. The number of hydrogen-bond donors (Lipinski definition) is 6. The fourth-order valence-electron chi connectivity index (χ4n) is 6.82. The van der Waals surface area contributed by atoms with Gasteiger partial charge in [-0.15, -0.1) is 11.6 Å². The summed E-state index contributed by atoms with van der Waals surface area (Å²) in [5.41, 5.74) is 8.82. The van der Waals surface area contributed by atoms with E-state index >= 15 is 0 Å². The molecule has 2 unspecified atom stereocenters. The van der Waals surface area contributed by atoms with Crippen LogP contribution in [0.2, 0.25) is 0 Å². The summed E-state index contributed by atoms with van der Waals surface area (Å²) in [5, 5.41) is 16.5. The van der Waals surface area contributed by atoms with Crippen LogP contribution in [0.25, 0.3) is 10.8 Å². The standard InChI is InChI=1S/C41H50ClN7O7/c1-25(2)38(48-34(50)12-4-3-7-20-49-35(51)17-18-36(49)52)40(54)47-31(11-8-19-44-41(43)55)39(53)46-28-15-13-26(14-16-28)24-56-33-21-32-37(27(22-42)23-45-32)30-10-6-5-9-29(30)33/h5-6,9-10,13-18,21,25,27,31,38,45H,3-4,7-8,11-12,19-20,22-24H2,1-2H3,(H,46,53)(H,47,54)(H,48,50)(H3,43,44,55)/t27-,31?,38?/m1/s1. The van der Waals surface area contributed by atoms with E-state index in [-0.39, 0.29) is 55.5 Å². The van der Waals surface area contributed by atoms with E-state index in [4.69, 9.17) is 22.1 Å². The molecular weight excluding hydrogens is 738 g/mol. The smallest absolute Gasteiger partial charge is 0.312 e. The number of nitrogens with two attached hydrogens (primary N) is 1. The van der Waals surface area contributed by atoms with Gasteiger partial charge in [0.25, 0.3) is 11.8 Å². The Morgan fingerprint density at radius 2 is 1.64 bits per heavy atom. The van der Waals surface area contributed by atoms with E-state index in [2.05, 4.69) is 32.7 Å². The number of halogens is 1. The number of amides is 7. The molecule has 3 aromatic rings. The zero-order valence-electron chi connectivity index (χ0n) is 31.7. The van der Waals surface area contributed by atoms with Crippen LogP contribution in [-0.4, -0.2) is 78.1 Å². The molecule has 14 nitrogen and oxygen atoms in total. The number of unbranched alkanes of at least 4 members (excludes halogenated alkanes) is 2. The predicted octanol–water partition coefficient (Wildman–Crippen LogP) is 4.66. The van der Waals surface area contributed by atoms with Crippen LogP contribution in [0.3, 0.4) is 0 Å². The Bertz CT molecular complexity index is 1930. The second-order valence-corrected chi connectivity index (χ2v) is 14.7. The summed E-state index contributed by atoms with van der Waals surface area (Å²) in [5.74, 6) is -0.771. The molecule has 0 fully saturated rings. The lowest BCUT2D eigenvalue weighted by atomic mass is 9.95. The molecule has 0 bridgehead atoms. The molecule has 0 aliphatic carbocycles. The molecule has 3 atom stereocenters. The minimum atomic E-state index is -0.982. The van der Waals surface area contributed by atoms with Crippen LogP contribution in [0.15, 0.2) is 66.7 Å². The number of rotatable bonds is 20. The van der Waals surface area contributed by atoms with Crippen molar-refractivity contribution >= 4 is 69.3 Å². The highest BCUT2D eigenvalue weighted by Crippen LogP contribution is 2.42. The minimum absolute atomic E-state index is 0.149. The van der Waals surface area contributed by atoms with Crippen molar-refractivity contribution in [3.63, 3.8) is 0 Å². The monoisotopic (exact) mass is 787 g/mol. The number of anilines is 2. The van der Waals surface area contributed by atoms with Crippen molar-refractivity contribution in [1.29, 1.82) is 0 Å². The van der Waals surface area contributed by atoms with Gasteiger partial charge in [0.2, 0.25) is 17.7 Å². The average Bonchev–Trinajstić information content (AvgIpc) is 3.75. The third kappa shape index (κ3) is 11.0. The molecule has 56 heavy (non-hydrogen) atoms. The molecule has 7 amide bonds. The number of urea groups is 1. The van der Waals surface area contributed by atoms with Crippen LogP contribution in [-0.2, 0) is 30.6 Å². The molecule has 298 valence electrons. The summed E-state index contributed by atoms with van der Waals surface area (Å²) in [6.45, 7) is 5.14. The zero-order chi connectivity index (χ0) is 40.2. The normalized spacial score (nSPS) is 15.6.